The number of benzene rings is 1. The van der Waals surface area contributed by atoms with Gasteiger partial charge in [-0.05, 0) is 42.9 Å². The first-order chi connectivity index (χ1) is 15.4. The molecule has 0 saturated carbocycles. The largest absolute Gasteiger partial charge is 0.384 e. The molecule has 2 heterocycles. The number of halogens is 1. The number of nitrogens with one attached hydrogen (secondary N) is 1. The van der Waals surface area contributed by atoms with E-state index < -0.39 is 23.1 Å². The Bertz CT molecular complexity index is 901. The van der Waals surface area contributed by atoms with Crippen LogP contribution in [0, 0.1) is 11.3 Å². The third-order valence-corrected chi connectivity index (χ3v) is 7.53. The molecule has 7 nitrogen and oxygen atoms in total. The van der Waals surface area contributed by atoms with Gasteiger partial charge < -0.3 is 20.2 Å². The van der Waals surface area contributed by atoms with E-state index in [2.05, 4.69) is 5.32 Å². The second-order valence-corrected chi connectivity index (χ2v) is 10.8. The third-order valence-electron chi connectivity index (χ3n) is 7.27. The van der Waals surface area contributed by atoms with Gasteiger partial charge in [-0.2, -0.15) is 0 Å². The van der Waals surface area contributed by atoms with Crippen molar-refractivity contribution in [2.75, 3.05) is 19.6 Å². The van der Waals surface area contributed by atoms with Gasteiger partial charge in [0.2, 0.25) is 17.7 Å². The minimum absolute atomic E-state index is 0.117. The molecule has 33 heavy (non-hydrogen) atoms. The SMILES string of the molecule is CC(=O)N1CCCC1C(=O)N[C@@H](C(=O)N1CC[C@](O)(c2ccc(Cl)cc2)C(C)(C)C1)C(C)C. The normalized spacial score (nSPS) is 25.8. The number of carbonyl (C=O) groups excluding carboxylic acids is 3. The summed E-state index contributed by atoms with van der Waals surface area (Å²) in [6.45, 7) is 10.5. The molecular weight excluding hydrogens is 442 g/mol. The Morgan fingerprint density at radius 3 is 2.33 bits per heavy atom. The lowest BCUT2D eigenvalue weighted by Crippen LogP contribution is -2.61. The molecule has 1 unspecified atom stereocenters. The summed E-state index contributed by atoms with van der Waals surface area (Å²) in [6.07, 6.45) is 1.77. The highest BCUT2D eigenvalue weighted by Gasteiger charge is 2.50. The number of amides is 3. The molecule has 0 aromatic heterocycles. The number of carbonyl (C=O) groups is 3. The highest BCUT2D eigenvalue weighted by atomic mass is 35.5. The number of nitrogens with zero attached hydrogens (tertiary/aromatic N) is 2. The fourth-order valence-corrected chi connectivity index (χ4v) is 5.27. The molecule has 0 spiro atoms. The highest BCUT2D eigenvalue weighted by molar-refractivity contribution is 6.30. The van der Waals surface area contributed by atoms with E-state index in [-0.39, 0.29) is 23.6 Å². The van der Waals surface area contributed by atoms with E-state index in [4.69, 9.17) is 11.6 Å². The van der Waals surface area contributed by atoms with Crippen molar-refractivity contribution in [2.24, 2.45) is 11.3 Å². The van der Waals surface area contributed by atoms with Crippen LogP contribution in [0.25, 0.3) is 0 Å². The van der Waals surface area contributed by atoms with Crippen LogP contribution in [0.1, 0.15) is 59.4 Å². The van der Waals surface area contributed by atoms with Crippen molar-refractivity contribution in [1.29, 1.82) is 0 Å². The fraction of sp³-hybridized carbons (Fsp3) is 0.640. The molecule has 0 aliphatic carbocycles. The predicted molar refractivity (Wildman–Crippen MR) is 128 cm³/mol. The quantitative estimate of drug-likeness (QED) is 0.682. The van der Waals surface area contributed by atoms with Gasteiger partial charge >= 0.3 is 0 Å². The Balaban J connectivity index is 1.74. The average Bonchev–Trinajstić information content (AvgIpc) is 3.24. The third kappa shape index (κ3) is 5.04. The monoisotopic (exact) mass is 477 g/mol. The van der Waals surface area contributed by atoms with Gasteiger partial charge in [0.1, 0.15) is 12.1 Å². The summed E-state index contributed by atoms with van der Waals surface area (Å²) in [5.74, 6) is -0.672. The summed E-state index contributed by atoms with van der Waals surface area (Å²) < 4.78 is 0. The Labute approximate surface area is 201 Å². The molecule has 2 aliphatic rings. The molecule has 182 valence electrons. The van der Waals surface area contributed by atoms with Gasteiger partial charge in [0.25, 0.3) is 0 Å². The van der Waals surface area contributed by atoms with Crippen molar-refractivity contribution in [3.63, 3.8) is 0 Å². The van der Waals surface area contributed by atoms with Crippen LogP contribution in [0.4, 0.5) is 0 Å². The smallest absolute Gasteiger partial charge is 0.245 e. The number of aliphatic hydroxyl groups is 1. The Hall–Kier alpha value is -2.12. The van der Waals surface area contributed by atoms with E-state index >= 15 is 0 Å². The van der Waals surface area contributed by atoms with Gasteiger partial charge in [0, 0.05) is 37.0 Å². The van der Waals surface area contributed by atoms with Crippen LogP contribution < -0.4 is 5.32 Å². The van der Waals surface area contributed by atoms with Gasteiger partial charge in [-0.3, -0.25) is 14.4 Å². The summed E-state index contributed by atoms with van der Waals surface area (Å²) in [5.41, 5.74) is -0.934. The second-order valence-electron chi connectivity index (χ2n) is 10.4. The first kappa shape index (κ1) is 25.5. The summed E-state index contributed by atoms with van der Waals surface area (Å²) in [6, 6.07) is 5.98. The van der Waals surface area contributed by atoms with Crippen LogP contribution in [0.15, 0.2) is 24.3 Å². The lowest BCUT2D eigenvalue weighted by Gasteiger charge is -2.51. The van der Waals surface area contributed by atoms with E-state index in [0.717, 1.165) is 12.0 Å². The predicted octanol–water partition coefficient (Wildman–Crippen LogP) is 2.94. The molecule has 2 fully saturated rings. The zero-order chi connectivity index (χ0) is 24.6. The number of hydrogen-bond donors (Lipinski definition) is 2. The fourth-order valence-electron chi connectivity index (χ4n) is 5.15. The number of piperidine rings is 1. The maximum atomic E-state index is 13.5. The minimum Gasteiger partial charge on any atom is -0.384 e. The van der Waals surface area contributed by atoms with Crippen LogP contribution in [0.3, 0.4) is 0 Å². The van der Waals surface area contributed by atoms with Crippen molar-refractivity contribution in [2.45, 2.75) is 71.6 Å². The Morgan fingerprint density at radius 2 is 1.79 bits per heavy atom. The van der Waals surface area contributed by atoms with Crippen molar-refractivity contribution in [3.05, 3.63) is 34.9 Å². The average molecular weight is 478 g/mol. The molecule has 0 radical (unpaired) electrons. The zero-order valence-electron chi connectivity index (χ0n) is 20.2. The molecule has 3 rings (SSSR count). The van der Waals surface area contributed by atoms with Gasteiger partial charge in [0.05, 0.1) is 5.60 Å². The minimum atomic E-state index is -1.10. The Morgan fingerprint density at radius 1 is 1.15 bits per heavy atom. The van der Waals surface area contributed by atoms with Crippen LogP contribution in [-0.4, -0.2) is 64.3 Å². The molecule has 2 aliphatic heterocycles. The summed E-state index contributed by atoms with van der Waals surface area (Å²) in [4.78, 5) is 41.7. The van der Waals surface area contributed by atoms with Gasteiger partial charge in [-0.15, -0.1) is 0 Å². The van der Waals surface area contributed by atoms with E-state index in [1.165, 1.54) is 6.92 Å². The van der Waals surface area contributed by atoms with Crippen molar-refractivity contribution >= 4 is 29.3 Å². The lowest BCUT2D eigenvalue weighted by molar-refractivity contribution is -0.157. The summed E-state index contributed by atoms with van der Waals surface area (Å²) >= 11 is 6.02. The van der Waals surface area contributed by atoms with E-state index in [0.29, 0.717) is 37.5 Å². The number of rotatable bonds is 5. The van der Waals surface area contributed by atoms with E-state index in [1.54, 1.807) is 21.9 Å². The van der Waals surface area contributed by atoms with Crippen LogP contribution >= 0.6 is 11.6 Å². The molecule has 8 heteroatoms. The molecule has 1 aromatic carbocycles. The van der Waals surface area contributed by atoms with Crippen molar-refractivity contribution in [1.82, 2.24) is 15.1 Å². The van der Waals surface area contributed by atoms with Crippen LogP contribution in [0.5, 0.6) is 0 Å². The summed E-state index contributed by atoms with van der Waals surface area (Å²) in [7, 11) is 0. The summed E-state index contributed by atoms with van der Waals surface area (Å²) in [5, 5.41) is 15.1. The standard InChI is InChI=1S/C25H36ClN3O4/c1-16(2)21(27-22(31)20-7-6-13-29(20)17(3)30)23(32)28-14-12-25(33,24(4,5)15-28)18-8-10-19(26)11-9-18/h8-11,16,20-21,33H,6-7,12-15H2,1-5H3,(H,27,31)/t20?,21-,25+/m1/s1. The second kappa shape index (κ2) is 9.63. The molecule has 0 bridgehead atoms. The van der Waals surface area contributed by atoms with Gasteiger partial charge in [-0.1, -0.05) is 51.4 Å². The molecule has 2 saturated heterocycles. The number of likely N-dealkylation sites (tertiary alicyclic amines) is 2. The first-order valence-electron chi connectivity index (χ1n) is 11.7. The molecule has 2 N–H and O–H groups in total. The van der Waals surface area contributed by atoms with Crippen LogP contribution in [-0.2, 0) is 20.0 Å². The number of hydrogen-bond acceptors (Lipinski definition) is 4. The maximum absolute atomic E-state index is 13.5. The topological polar surface area (TPSA) is 90.0 Å². The highest BCUT2D eigenvalue weighted by Crippen LogP contribution is 2.46. The molecular formula is C25H36ClN3O4. The molecule has 3 atom stereocenters. The van der Waals surface area contributed by atoms with E-state index in [1.807, 2.05) is 39.8 Å². The Kier molecular flexibility index (Phi) is 7.44. The van der Waals surface area contributed by atoms with Crippen molar-refractivity contribution in [3.8, 4) is 0 Å². The molecule has 1 aromatic rings. The maximum Gasteiger partial charge on any atom is 0.245 e. The van der Waals surface area contributed by atoms with Gasteiger partial charge in [-0.25, -0.2) is 0 Å². The van der Waals surface area contributed by atoms with E-state index in [9.17, 15) is 19.5 Å². The molecule has 3 amide bonds. The first-order valence-corrected chi connectivity index (χ1v) is 12.1. The van der Waals surface area contributed by atoms with Crippen molar-refractivity contribution < 1.29 is 19.5 Å². The lowest BCUT2D eigenvalue weighted by atomic mass is 9.66. The van der Waals surface area contributed by atoms with Gasteiger partial charge in [0.15, 0.2) is 0 Å². The zero-order valence-corrected chi connectivity index (χ0v) is 21.0. The van der Waals surface area contributed by atoms with Crippen LogP contribution in [0.2, 0.25) is 5.02 Å².